The van der Waals surface area contributed by atoms with Crippen LogP contribution in [0.1, 0.15) is 18.1 Å². The second kappa shape index (κ2) is 7.91. The number of nitrogens with zero attached hydrogens (tertiary/aromatic N) is 2. The zero-order chi connectivity index (χ0) is 17.6. The van der Waals surface area contributed by atoms with Crippen molar-refractivity contribution in [2.75, 3.05) is 18.2 Å². The summed E-state index contributed by atoms with van der Waals surface area (Å²) in [5.74, 6) is 0.864. The smallest absolute Gasteiger partial charge is 0.119 e. The van der Waals surface area contributed by atoms with Crippen LogP contribution in [0.2, 0.25) is 0 Å². The molecule has 0 fully saturated rings. The first-order valence-corrected chi connectivity index (χ1v) is 9.31. The number of anilines is 1. The molecule has 4 nitrogen and oxygen atoms in total. The molecule has 126 valence electrons. The van der Waals surface area contributed by atoms with Crippen molar-refractivity contribution in [2.24, 2.45) is 0 Å². The van der Waals surface area contributed by atoms with Crippen molar-refractivity contribution in [2.45, 2.75) is 18.5 Å². The third kappa shape index (κ3) is 3.70. The number of pyridine rings is 1. The number of para-hydroxylation sites is 1. The first kappa shape index (κ1) is 17.1. The molecular formula is C20H19N3OS. The van der Waals surface area contributed by atoms with E-state index in [0.29, 0.717) is 18.7 Å². The number of nitrogens with one attached hydrogen (secondary N) is 1. The van der Waals surface area contributed by atoms with E-state index in [2.05, 4.69) is 16.4 Å². The standard InChI is InChI=1S/C20H19N3OS/c1-3-24-15-10-8-14(9-11-15)13-22-19-16-6-4-5-7-18(16)23-20(25-2)17(19)12-21/h4-11H,3,13H2,1-2H3,(H,22,23). The van der Waals surface area contributed by atoms with Crippen molar-refractivity contribution >= 4 is 28.4 Å². The minimum Gasteiger partial charge on any atom is -0.494 e. The minimum absolute atomic E-state index is 0.595. The summed E-state index contributed by atoms with van der Waals surface area (Å²) >= 11 is 1.49. The van der Waals surface area contributed by atoms with Crippen LogP contribution in [0.3, 0.4) is 0 Å². The Morgan fingerprint density at radius 1 is 1.16 bits per heavy atom. The second-order valence-corrected chi connectivity index (χ2v) is 6.23. The minimum atomic E-state index is 0.595. The highest BCUT2D eigenvalue weighted by Gasteiger charge is 2.14. The van der Waals surface area contributed by atoms with E-state index in [0.717, 1.165) is 32.9 Å². The van der Waals surface area contributed by atoms with Gasteiger partial charge < -0.3 is 10.1 Å². The van der Waals surface area contributed by atoms with Gasteiger partial charge in [0.25, 0.3) is 0 Å². The number of rotatable bonds is 6. The fraction of sp³-hybridized carbons (Fsp3) is 0.200. The Balaban J connectivity index is 1.93. The number of nitriles is 1. The molecule has 0 bridgehead atoms. The molecule has 0 unspecified atom stereocenters. The normalized spacial score (nSPS) is 10.4. The van der Waals surface area contributed by atoms with Gasteiger partial charge in [-0.2, -0.15) is 5.26 Å². The van der Waals surface area contributed by atoms with E-state index in [9.17, 15) is 5.26 Å². The lowest BCUT2D eigenvalue weighted by Crippen LogP contribution is -2.04. The third-order valence-electron chi connectivity index (χ3n) is 3.87. The van der Waals surface area contributed by atoms with E-state index in [1.54, 1.807) is 0 Å². The van der Waals surface area contributed by atoms with Gasteiger partial charge >= 0.3 is 0 Å². The third-order valence-corrected chi connectivity index (χ3v) is 4.55. The van der Waals surface area contributed by atoms with Crippen LogP contribution in [0.5, 0.6) is 5.75 Å². The maximum atomic E-state index is 9.62. The number of thioether (sulfide) groups is 1. The molecule has 0 amide bonds. The quantitative estimate of drug-likeness (QED) is 0.645. The van der Waals surface area contributed by atoms with Gasteiger partial charge in [0, 0.05) is 11.9 Å². The molecule has 0 saturated carbocycles. The number of benzene rings is 2. The molecule has 1 aromatic heterocycles. The van der Waals surface area contributed by atoms with Gasteiger partial charge in [-0.15, -0.1) is 11.8 Å². The molecule has 5 heteroatoms. The van der Waals surface area contributed by atoms with E-state index in [1.807, 2.05) is 61.7 Å². The van der Waals surface area contributed by atoms with Gasteiger partial charge in [0.2, 0.25) is 0 Å². The van der Waals surface area contributed by atoms with Gasteiger partial charge in [-0.05, 0) is 36.9 Å². The van der Waals surface area contributed by atoms with Crippen LogP contribution >= 0.6 is 11.8 Å². The monoisotopic (exact) mass is 349 g/mol. The highest BCUT2D eigenvalue weighted by molar-refractivity contribution is 7.98. The maximum absolute atomic E-state index is 9.62. The van der Waals surface area contributed by atoms with Gasteiger partial charge in [0.15, 0.2) is 0 Å². The van der Waals surface area contributed by atoms with E-state index in [4.69, 9.17) is 4.74 Å². The summed E-state index contributed by atoms with van der Waals surface area (Å²) in [5, 5.41) is 14.8. The van der Waals surface area contributed by atoms with Crippen LogP contribution in [0, 0.1) is 11.3 Å². The summed E-state index contributed by atoms with van der Waals surface area (Å²) < 4.78 is 5.47. The molecule has 0 spiro atoms. The molecule has 0 aliphatic heterocycles. The highest BCUT2D eigenvalue weighted by Crippen LogP contribution is 2.32. The molecule has 0 aliphatic rings. The molecular weight excluding hydrogens is 330 g/mol. The average Bonchev–Trinajstić information content (AvgIpc) is 2.66. The Labute approximate surface area is 151 Å². The molecule has 0 atom stereocenters. The second-order valence-electron chi connectivity index (χ2n) is 5.43. The van der Waals surface area contributed by atoms with E-state index >= 15 is 0 Å². The van der Waals surface area contributed by atoms with E-state index in [1.165, 1.54) is 11.8 Å². The largest absolute Gasteiger partial charge is 0.494 e. The first-order chi connectivity index (χ1) is 12.3. The number of fused-ring (bicyclic) bond motifs is 1. The van der Waals surface area contributed by atoms with Crippen molar-refractivity contribution in [3.05, 3.63) is 59.7 Å². The molecule has 0 radical (unpaired) electrons. The summed E-state index contributed by atoms with van der Waals surface area (Å²) in [6.07, 6.45) is 1.94. The van der Waals surface area contributed by atoms with Crippen LogP contribution in [0.4, 0.5) is 5.69 Å². The number of hydrogen-bond acceptors (Lipinski definition) is 5. The summed E-state index contributed by atoms with van der Waals surface area (Å²) in [6, 6.07) is 18.2. The summed E-state index contributed by atoms with van der Waals surface area (Å²) in [6.45, 7) is 3.25. The fourth-order valence-electron chi connectivity index (χ4n) is 2.69. The number of ether oxygens (including phenoxy) is 1. The lowest BCUT2D eigenvalue weighted by molar-refractivity contribution is 0.340. The molecule has 3 rings (SSSR count). The van der Waals surface area contributed by atoms with Crippen LogP contribution in [-0.4, -0.2) is 17.8 Å². The average molecular weight is 349 g/mol. The lowest BCUT2D eigenvalue weighted by atomic mass is 10.1. The number of hydrogen-bond donors (Lipinski definition) is 1. The van der Waals surface area contributed by atoms with Crippen molar-refractivity contribution in [3.8, 4) is 11.8 Å². The molecule has 1 heterocycles. The van der Waals surface area contributed by atoms with E-state index in [-0.39, 0.29) is 0 Å². The van der Waals surface area contributed by atoms with Crippen LogP contribution in [0.25, 0.3) is 10.9 Å². The molecule has 1 N–H and O–H groups in total. The Kier molecular flexibility index (Phi) is 5.42. The van der Waals surface area contributed by atoms with Crippen molar-refractivity contribution < 1.29 is 4.74 Å². The Hall–Kier alpha value is -2.71. The first-order valence-electron chi connectivity index (χ1n) is 8.09. The van der Waals surface area contributed by atoms with Gasteiger partial charge in [-0.1, -0.05) is 30.3 Å². The highest BCUT2D eigenvalue weighted by atomic mass is 32.2. The Morgan fingerprint density at radius 3 is 2.60 bits per heavy atom. The molecule has 25 heavy (non-hydrogen) atoms. The lowest BCUT2D eigenvalue weighted by Gasteiger charge is -2.14. The van der Waals surface area contributed by atoms with Crippen molar-refractivity contribution in [1.29, 1.82) is 5.26 Å². The topological polar surface area (TPSA) is 57.9 Å². The zero-order valence-electron chi connectivity index (χ0n) is 14.2. The van der Waals surface area contributed by atoms with Gasteiger partial charge in [0.1, 0.15) is 22.4 Å². The summed E-state index contributed by atoms with van der Waals surface area (Å²) in [5.41, 5.74) is 3.45. The van der Waals surface area contributed by atoms with Crippen LogP contribution < -0.4 is 10.1 Å². The van der Waals surface area contributed by atoms with Gasteiger partial charge in [-0.3, -0.25) is 0 Å². The summed E-state index contributed by atoms with van der Waals surface area (Å²) in [4.78, 5) is 4.60. The predicted molar refractivity (Wildman–Crippen MR) is 103 cm³/mol. The number of aromatic nitrogens is 1. The Morgan fingerprint density at radius 2 is 1.92 bits per heavy atom. The summed E-state index contributed by atoms with van der Waals surface area (Å²) in [7, 11) is 0. The maximum Gasteiger partial charge on any atom is 0.119 e. The molecule has 3 aromatic rings. The van der Waals surface area contributed by atoms with Crippen LogP contribution in [-0.2, 0) is 6.54 Å². The molecule has 2 aromatic carbocycles. The van der Waals surface area contributed by atoms with Gasteiger partial charge in [0.05, 0.1) is 17.8 Å². The van der Waals surface area contributed by atoms with E-state index < -0.39 is 0 Å². The SMILES string of the molecule is CCOc1ccc(CNc2c(C#N)c(SC)nc3ccccc23)cc1. The molecule has 0 saturated heterocycles. The Bertz CT molecular complexity index is 917. The molecule has 0 aliphatic carbocycles. The van der Waals surface area contributed by atoms with Crippen molar-refractivity contribution in [3.63, 3.8) is 0 Å². The van der Waals surface area contributed by atoms with Gasteiger partial charge in [-0.25, -0.2) is 4.98 Å². The van der Waals surface area contributed by atoms with Crippen molar-refractivity contribution in [1.82, 2.24) is 4.98 Å². The van der Waals surface area contributed by atoms with Crippen LogP contribution in [0.15, 0.2) is 53.6 Å². The zero-order valence-corrected chi connectivity index (χ0v) is 15.1. The predicted octanol–water partition coefficient (Wildman–Crippen LogP) is 4.84. The fourth-order valence-corrected chi connectivity index (χ4v) is 3.23.